The van der Waals surface area contributed by atoms with Crippen molar-refractivity contribution in [3.63, 3.8) is 0 Å². The van der Waals surface area contributed by atoms with Gasteiger partial charge in [-0.2, -0.15) is 0 Å². The van der Waals surface area contributed by atoms with Gasteiger partial charge in [0.15, 0.2) is 5.69 Å². The third-order valence-corrected chi connectivity index (χ3v) is 3.23. The van der Waals surface area contributed by atoms with Crippen LogP contribution in [0.5, 0.6) is 5.88 Å². The maximum atomic E-state index is 12.1. The molecule has 0 radical (unpaired) electrons. The lowest BCUT2D eigenvalue weighted by atomic mass is 10.2. The van der Waals surface area contributed by atoms with Gasteiger partial charge in [0.05, 0.1) is 10.4 Å². The van der Waals surface area contributed by atoms with Crippen LogP contribution in [0.4, 0.5) is 11.4 Å². The Morgan fingerprint density at radius 2 is 1.83 bits per heavy atom. The van der Waals surface area contributed by atoms with Crippen molar-refractivity contribution in [1.29, 1.82) is 0 Å². The maximum absolute atomic E-state index is 12.1. The number of hydrogen-bond donors (Lipinski definition) is 2. The average Bonchev–Trinajstić information content (AvgIpc) is 2.88. The second-order valence-electron chi connectivity index (χ2n) is 4.65. The molecule has 8 heteroatoms. The number of hydrogen-bond acceptors (Lipinski definition) is 5. The van der Waals surface area contributed by atoms with Crippen molar-refractivity contribution in [1.82, 2.24) is 4.98 Å². The highest BCUT2D eigenvalue weighted by Gasteiger charge is 2.19. The molecule has 0 atom stereocenters. The minimum atomic E-state index is -0.859. The van der Waals surface area contributed by atoms with Crippen LogP contribution in [0.25, 0.3) is 10.9 Å². The molecular weight excluding hydrogens is 300 g/mol. The summed E-state index contributed by atoms with van der Waals surface area (Å²) >= 11 is 0. The van der Waals surface area contributed by atoms with Crippen molar-refractivity contribution < 1.29 is 14.8 Å². The highest BCUT2D eigenvalue weighted by Crippen LogP contribution is 2.35. The molecule has 0 saturated heterocycles. The molecule has 0 aliphatic carbocycles. The molecule has 3 aromatic rings. The number of azo groups is 1. The van der Waals surface area contributed by atoms with Crippen LogP contribution in [-0.2, 0) is 0 Å². The van der Waals surface area contributed by atoms with Crippen molar-refractivity contribution in [3.05, 3.63) is 64.2 Å². The predicted molar refractivity (Wildman–Crippen MR) is 81.9 cm³/mol. The smallest absolute Gasteiger partial charge is 0.302 e. The second-order valence-corrected chi connectivity index (χ2v) is 4.65. The van der Waals surface area contributed by atoms with Gasteiger partial charge in [-0.25, -0.2) is 0 Å². The molecule has 0 aliphatic rings. The fraction of sp³-hybridized carbons (Fsp3) is 0. The Morgan fingerprint density at radius 3 is 2.61 bits per heavy atom. The monoisotopic (exact) mass is 310 g/mol. The van der Waals surface area contributed by atoms with E-state index in [4.69, 9.17) is 0 Å². The van der Waals surface area contributed by atoms with Crippen LogP contribution in [0.2, 0.25) is 0 Å². The molecular formula is C15H10N4O4. The molecule has 1 amide bonds. The van der Waals surface area contributed by atoms with Gasteiger partial charge >= 0.3 is 5.91 Å². The second kappa shape index (κ2) is 5.68. The zero-order chi connectivity index (χ0) is 16.4. The quantitative estimate of drug-likeness (QED) is 0.435. The van der Waals surface area contributed by atoms with E-state index in [1.165, 1.54) is 24.3 Å². The van der Waals surface area contributed by atoms with Crippen molar-refractivity contribution >= 4 is 28.2 Å². The van der Waals surface area contributed by atoms with Gasteiger partial charge < -0.3 is 10.1 Å². The summed E-state index contributed by atoms with van der Waals surface area (Å²) in [6.45, 7) is 0. The van der Waals surface area contributed by atoms with Gasteiger partial charge in [0, 0.05) is 11.5 Å². The van der Waals surface area contributed by atoms with Gasteiger partial charge in [0.1, 0.15) is 5.56 Å². The van der Waals surface area contributed by atoms with E-state index in [9.17, 15) is 20.0 Å². The molecule has 1 aromatic heterocycles. The van der Waals surface area contributed by atoms with E-state index < -0.39 is 10.8 Å². The van der Waals surface area contributed by atoms with Gasteiger partial charge in [-0.3, -0.25) is 14.9 Å². The molecule has 23 heavy (non-hydrogen) atoms. The van der Waals surface area contributed by atoms with E-state index in [-0.39, 0.29) is 22.8 Å². The number of fused-ring (bicyclic) bond motifs is 1. The van der Waals surface area contributed by atoms with Crippen molar-refractivity contribution in [2.24, 2.45) is 10.2 Å². The fourth-order valence-electron chi connectivity index (χ4n) is 2.18. The Bertz CT molecular complexity index is 946. The molecule has 2 aromatic carbocycles. The number of nitro groups is 1. The number of aromatic nitrogens is 1. The summed E-state index contributed by atoms with van der Waals surface area (Å²) in [6.07, 6.45) is 0. The molecule has 2 N–H and O–H groups in total. The Kier molecular flexibility index (Phi) is 3.55. The third-order valence-electron chi connectivity index (χ3n) is 3.23. The Labute approximate surface area is 129 Å². The number of amides is 1. The average molecular weight is 310 g/mol. The number of carbonyl (C=O) groups excluding carboxylic acids is 1. The number of nitro benzene ring substituents is 1. The Balaban J connectivity index is 1.98. The standard InChI is InChI=1S/C15H10N4O4/c20-14(10-6-2-4-8-12(10)19(22)23)18-17-13-9-5-1-3-7-11(9)16-15(13)21/h1-8,16,21H. The molecule has 0 spiro atoms. The van der Waals surface area contributed by atoms with Crippen molar-refractivity contribution in [2.75, 3.05) is 0 Å². The minimum absolute atomic E-state index is 0.104. The normalized spacial score (nSPS) is 11.1. The van der Waals surface area contributed by atoms with Crippen LogP contribution in [-0.4, -0.2) is 20.9 Å². The summed E-state index contributed by atoms with van der Waals surface area (Å²) in [5, 5.41) is 28.6. The SMILES string of the molecule is O=C(N=Nc1c(O)[nH]c2ccccc12)c1ccccc1[N+](=O)[O-]. The summed E-state index contributed by atoms with van der Waals surface area (Å²) in [6, 6.07) is 12.4. The Hall–Kier alpha value is -3.55. The maximum Gasteiger partial charge on any atom is 0.302 e. The topological polar surface area (TPSA) is 121 Å². The van der Waals surface area contributed by atoms with Crippen LogP contribution in [0, 0.1) is 10.1 Å². The van der Waals surface area contributed by atoms with Gasteiger partial charge in [0.25, 0.3) is 5.69 Å². The number of H-pyrrole nitrogens is 1. The van der Waals surface area contributed by atoms with E-state index in [0.717, 1.165) is 0 Å². The summed E-state index contributed by atoms with van der Waals surface area (Å²) in [4.78, 5) is 25.0. The van der Waals surface area contributed by atoms with Gasteiger partial charge in [-0.05, 0) is 12.1 Å². The molecule has 3 rings (SSSR count). The molecule has 0 bridgehead atoms. The molecule has 0 fully saturated rings. The first-order chi connectivity index (χ1) is 11.1. The summed E-state index contributed by atoms with van der Waals surface area (Å²) in [5.74, 6) is -1.09. The highest BCUT2D eigenvalue weighted by molar-refractivity contribution is 5.99. The zero-order valence-corrected chi connectivity index (χ0v) is 11.6. The summed E-state index contributed by atoms with van der Waals surface area (Å²) in [5.41, 5.74) is 0.227. The van der Waals surface area contributed by atoms with Crippen LogP contribution in [0.15, 0.2) is 58.8 Å². The van der Waals surface area contributed by atoms with Crippen LogP contribution >= 0.6 is 0 Å². The Morgan fingerprint density at radius 1 is 1.13 bits per heavy atom. The lowest BCUT2D eigenvalue weighted by molar-refractivity contribution is -0.385. The number of para-hydroxylation sites is 2. The minimum Gasteiger partial charge on any atom is -0.493 e. The van der Waals surface area contributed by atoms with E-state index in [1.54, 1.807) is 24.3 Å². The number of nitrogens with one attached hydrogen (secondary N) is 1. The first-order valence-corrected chi connectivity index (χ1v) is 6.57. The van der Waals surface area contributed by atoms with Gasteiger partial charge in [0.2, 0.25) is 5.88 Å². The first-order valence-electron chi connectivity index (χ1n) is 6.57. The highest BCUT2D eigenvalue weighted by atomic mass is 16.6. The van der Waals surface area contributed by atoms with E-state index >= 15 is 0 Å². The number of aromatic amines is 1. The number of aromatic hydroxyl groups is 1. The largest absolute Gasteiger partial charge is 0.493 e. The molecule has 0 saturated carbocycles. The van der Waals surface area contributed by atoms with E-state index in [0.29, 0.717) is 10.9 Å². The lowest BCUT2D eigenvalue weighted by Crippen LogP contribution is -2.00. The van der Waals surface area contributed by atoms with Gasteiger partial charge in [-0.1, -0.05) is 30.3 Å². The number of carbonyl (C=O) groups is 1. The molecule has 0 unspecified atom stereocenters. The van der Waals surface area contributed by atoms with Crippen LogP contribution < -0.4 is 0 Å². The fourth-order valence-corrected chi connectivity index (χ4v) is 2.18. The number of benzene rings is 2. The summed E-state index contributed by atoms with van der Waals surface area (Å²) < 4.78 is 0. The van der Waals surface area contributed by atoms with E-state index in [2.05, 4.69) is 15.2 Å². The molecule has 1 heterocycles. The molecule has 8 nitrogen and oxygen atoms in total. The molecule has 114 valence electrons. The van der Waals surface area contributed by atoms with Gasteiger partial charge in [-0.15, -0.1) is 10.2 Å². The van der Waals surface area contributed by atoms with Crippen molar-refractivity contribution in [2.45, 2.75) is 0 Å². The summed E-state index contributed by atoms with van der Waals surface area (Å²) in [7, 11) is 0. The third kappa shape index (κ3) is 2.64. The van der Waals surface area contributed by atoms with Crippen LogP contribution in [0.1, 0.15) is 10.4 Å². The van der Waals surface area contributed by atoms with Crippen molar-refractivity contribution in [3.8, 4) is 5.88 Å². The number of nitrogens with zero attached hydrogens (tertiary/aromatic N) is 3. The molecule has 0 aliphatic heterocycles. The number of rotatable bonds is 3. The van der Waals surface area contributed by atoms with Crippen LogP contribution in [0.3, 0.4) is 0 Å². The zero-order valence-electron chi connectivity index (χ0n) is 11.6. The predicted octanol–water partition coefficient (Wildman–Crippen LogP) is 3.71. The first kappa shape index (κ1) is 14.4. The van der Waals surface area contributed by atoms with E-state index in [1.807, 2.05) is 0 Å². The lowest BCUT2D eigenvalue weighted by Gasteiger charge is -1.97.